The average Bonchev–Trinajstić information content (AvgIpc) is 3.19. The highest BCUT2D eigenvalue weighted by atomic mass is 35.5. The predicted molar refractivity (Wildman–Crippen MR) is 127 cm³/mol. The van der Waals surface area contributed by atoms with Gasteiger partial charge >= 0.3 is 0 Å². The summed E-state index contributed by atoms with van der Waals surface area (Å²) in [5.74, 6) is -0.117. The zero-order chi connectivity index (χ0) is 22.8. The molecule has 0 aliphatic heterocycles. The highest BCUT2D eigenvalue weighted by molar-refractivity contribution is 6.44. The van der Waals surface area contributed by atoms with Gasteiger partial charge in [0.25, 0.3) is 0 Å². The van der Waals surface area contributed by atoms with Crippen molar-refractivity contribution in [3.8, 4) is 16.9 Å². The monoisotopic (exact) mass is 469 g/mol. The van der Waals surface area contributed by atoms with Crippen LogP contribution in [0.5, 0.6) is 5.75 Å². The molecule has 0 saturated heterocycles. The molecule has 4 aromatic rings. The number of anilines is 1. The second-order valence-corrected chi connectivity index (χ2v) is 7.91. The van der Waals surface area contributed by atoms with Gasteiger partial charge in [0, 0.05) is 28.7 Å². The predicted octanol–water partition coefficient (Wildman–Crippen LogP) is 7.60. The molecule has 0 saturated carbocycles. The van der Waals surface area contributed by atoms with Crippen molar-refractivity contribution in [1.82, 2.24) is 0 Å². The zero-order valence-corrected chi connectivity index (χ0v) is 18.7. The minimum atomic E-state index is -0.361. The van der Waals surface area contributed by atoms with Gasteiger partial charge in [-0.2, -0.15) is 0 Å². The third kappa shape index (κ3) is 4.35. The van der Waals surface area contributed by atoms with Crippen LogP contribution in [0.1, 0.15) is 12.5 Å². The number of amides is 1. The SMILES string of the molecule is COc1cc2occ(-c3ccc(F)cc3)c2cc1/C(C)=C/C(=O)Nc1cccc(Cl)c1Cl. The van der Waals surface area contributed by atoms with Crippen molar-refractivity contribution in [3.63, 3.8) is 0 Å². The summed E-state index contributed by atoms with van der Waals surface area (Å²) in [6.45, 7) is 1.81. The van der Waals surface area contributed by atoms with E-state index in [1.165, 1.54) is 18.2 Å². The minimum Gasteiger partial charge on any atom is -0.496 e. The first kappa shape index (κ1) is 21.9. The molecule has 0 radical (unpaired) electrons. The fraction of sp³-hybridized carbons (Fsp3) is 0.0800. The van der Waals surface area contributed by atoms with Crippen molar-refractivity contribution >= 4 is 51.3 Å². The summed E-state index contributed by atoms with van der Waals surface area (Å²) < 4.78 is 24.5. The maximum Gasteiger partial charge on any atom is 0.248 e. The molecule has 7 heteroatoms. The molecule has 0 aliphatic carbocycles. The molecule has 4 rings (SSSR count). The highest BCUT2D eigenvalue weighted by Crippen LogP contribution is 2.37. The van der Waals surface area contributed by atoms with Crippen LogP contribution in [0.25, 0.3) is 27.7 Å². The number of halogens is 3. The summed E-state index contributed by atoms with van der Waals surface area (Å²) in [5, 5.41) is 4.18. The molecule has 1 amide bonds. The number of furan rings is 1. The van der Waals surface area contributed by atoms with Crippen LogP contribution in [0.2, 0.25) is 10.0 Å². The summed E-state index contributed by atoms with van der Waals surface area (Å²) in [4.78, 5) is 12.6. The number of hydrogen-bond acceptors (Lipinski definition) is 3. The van der Waals surface area contributed by atoms with Gasteiger partial charge in [-0.3, -0.25) is 4.79 Å². The second-order valence-electron chi connectivity index (χ2n) is 7.12. The van der Waals surface area contributed by atoms with Gasteiger partial charge in [0.15, 0.2) is 0 Å². The van der Waals surface area contributed by atoms with E-state index in [1.807, 2.05) is 6.07 Å². The van der Waals surface area contributed by atoms with Crippen LogP contribution >= 0.6 is 23.2 Å². The summed E-state index contributed by atoms with van der Waals surface area (Å²) in [5.41, 5.74) is 4.06. The van der Waals surface area contributed by atoms with Crippen LogP contribution in [0.3, 0.4) is 0 Å². The number of ether oxygens (including phenoxy) is 1. The highest BCUT2D eigenvalue weighted by Gasteiger charge is 2.15. The molecule has 1 aromatic heterocycles. The Labute approximate surface area is 194 Å². The molecule has 3 aromatic carbocycles. The van der Waals surface area contributed by atoms with Gasteiger partial charge < -0.3 is 14.5 Å². The summed E-state index contributed by atoms with van der Waals surface area (Å²) in [7, 11) is 1.55. The molecular weight excluding hydrogens is 452 g/mol. The fourth-order valence-electron chi connectivity index (χ4n) is 3.43. The van der Waals surface area contributed by atoms with Gasteiger partial charge in [-0.1, -0.05) is 41.4 Å². The van der Waals surface area contributed by atoms with Gasteiger partial charge in [0.1, 0.15) is 17.1 Å². The molecule has 0 unspecified atom stereocenters. The minimum absolute atomic E-state index is 0.273. The largest absolute Gasteiger partial charge is 0.496 e. The normalized spacial score (nSPS) is 11.6. The molecule has 0 fully saturated rings. The van der Waals surface area contributed by atoms with E-state index in [1.54, 1.807) is 56.7 Å². The summed E-state index contributed by atoms with van der Waals surface area (Å²) in [6, 6.07) is 14.8. The Morgan fingerprint density at radius 3 is 2.59 bits per heavy atom. The average molecular weight is 470 g/mol. The van der Waals surface area contributed by atoms with Crippen LogP contribution in [-0.4, -0.2) is 13.0 Å². The number of rotatable bonds is 5. The van der Waals surface area contributed by atoms with Crippen molar-refractivity contribution in [2.75, 3.05) is 12.4 Å². The van der Waals surface area contributed by atoms with Crippen molar-refractivity contribution in [3.05, 3.63) is 88.4 Å². The lowest BCUT2D eigenvalue weighted by molar-refractivity contribution is -0.111. The summed E-state index contributed by atoms with van der Waals surface area (Å²) in [6.07, 6.45) is 3.08. The first-order valence-corrected chi connectivity index (χ1v) is 10.4. The van der Waals surface area contributed by atoms with Crippen LogP contribution in [-0.2, 0) is 4.79 Å². The van der Waals surface area contributed by atoms with E-state index in [2.05, 4.69) is 5.32 Å². The van der Waals surface area contributed by atoms with E-state index in [0.29, 0.717) is 27.6 Å². The number of nitrogens with one attached hydrogen (secondary N) is 1. The Balaban J connectivity index is 1.71. The van der Waals surface area contributed by atoms with E-state index >= 15 is 0 Å². The topological polar surface area (TPSA) is 51.5 Å². The zero-order valence-electron chi connectivity index (χ0n) is 17.2. The maximum absolute atomic E-state index is 13.3. The fourth-order valence-corrected chi connectivity index (χ4v) is 3.78. The Kier molecular flexibility index (Phi) is 6.21. The molecule has 1 heterocycles. The maximum atomic E-state index is 13.3. The molecule has 4 nitrogen and oxygen atoms in total. The van der Waals surface area contributed by atoms with Crippen LogP contribution in [0, 0.1) is 5.82 Å². The lowest BCUT2D eigenvalue weighted by Crippen LogP contribution is -2.09. The van der Waals surface area contributed by atoms with Gasteiger partial charge in [0.05, 0.1) is 29.1 Å². The van der Waals surface area contributed by atoms with E-state index < -0.39 is 0 Å². The number of benzene rings is 3. The van der Waals surface area contributed by atoms with Crippen LogP contribution in [0.15, 0.2) is 71.4 Å². The van der Waals surface area contributed by atoms with Gasteiger partial charge in [-0.15, -0.1) is 0 Å². The molecule has 162 valence electrons. The Morgan fingerprint density at radius 1 is 1.12 bits per heavy atom. The first-order chi connectivity index (χ1) is 15.4. The number of fused-ring (bicyclic) bond motifs is 1. The number of hydrogen-bond donors (Lipinski definition) is 1. The molecule has 0 spiro atoms. The lowest BCUT2D eigenvalue weighted by atomic mass is 9.99. The molecule has 32 heavy (non-hydrogen) atoms. The van der Waals surface area contributed by atoms with E-state index in [0.717, 1.165) is 22.1 Å². The van der Waals surface area contributed by atoms with Gasteiger partial charge in [-0.25, -0.2) is 4.39 Å². The van der Waals surface area contributed by atoms with Crippen molar-refractivity contribution in [1.29, 1.82) is 0 Å². The van der Waals surface area contributed by atoms with E-state index in [-0.39, 0.29) is 16.7 Å². The van der Waals surface area contributed by atoms with E-state index in [9.17, 15) is 9.18 Å². The Morgan fingerprint density at radius 2 is 1.88 bits per heavy atom. The number of methoxy groups -OCH3 is 1. The molecular formula is C25H18Cl2FNO3. The quantitative estimate of drug-likeness (QED) is 0.306. The number of carbonyl (C=O) groups is 1. The third-order valence-corrected chi connectivity index (χ3v) is 5.85. The number of carbonyl (C=O) groups excluding carboxylic acids is 1. The lowest BCUT2D eigenvalue weighted by Gasteiger charge is -2.11. The molecule has 1 N–H and O–H groups in total. The van der Waals surface area contributed by atoms with Crippen LogP contribution in [0.4, 0.5) is 10.1 Å². The second kappa shape index (κ2) is 9.07. The van der Waals surface area contributed by atoms with Crippen LogP contribution < -0.4 is 10.1 Å². The third-order valence-electron chi connectivity index (χ3n) is 5.03. The summed E-state index contributed by atoms with van der Waals surface area (Å²) >= 11 is 12.2. The Bertz CT molecular complexity index is 1340. The van der Waals surface area contributed by atoms with Crippen molar-refractivity contribution in [2.24, 2.45) is 0 Å². The van der Waals surface area contributed by atoms with Crippen molar-refractivity contribution in [2.45, 2.75) is 6.92 Å². The van der Waals surface area contributed by atoms with E-state index in [4.69, 9.17) is 32.4 Å². The smallest absolute Gasteiger partial charge is 0.248 e. The number of allylic oxidation sites excluding steroid dienone is 1. The molecule has 0 aliphatic rings. The first-order valence-electron chi connectivity index (χ1n) is 9.66. The molecule has 0 bridgehead atoms. The van der Waals surface area contributed by atoms with Crippen molar-refractivity contribution < 1.29 is 18.3 Å². The molecule has 0 atom stereocenters. The van der Waals surface area contributed by atoms with Gasteiger partial charge in [-0.05, 0) is 48.4 Å². The Hall–Kier alpha value is -3.28. The standard InChI is InChI=1S/C25H18Cl2FNO3/c1-14(10-24(30)29-21-5-3-4-20(26)25(21)27)17-11-18-19(15-6-8-16(28)9-7-15)13-32-23(18)12-22(17)31-2/h3-13H,1-2H3,(H,29,30)/b14-10+. The van der Waals surface area contributed by atoms with Gasteiger partial charge in [0.2, 0.25) is 5.91 Å².